The Bertz CT molecular complexity index is 558. The fraction of sp³-hybridized carbons (Fsp3) is 0.773. The average Bonchev–Trinajstić information content (AvgIpc) is 2.78. The number of fused-ring (bicyclic) bond motifs is 5. The second kappa shape index (κ2) is 5.33. The zero-order valence-electron chi connectivity index (χ0n) is 14.9. The maximum atomic E-state index is 12.8. The van der Waals surface area contributed by atoms with Crippen molar-refractivity contribution in [3.05, 3.63) is 24.3 Å². The van der Waals surface area contributed by atoms with Gasteiger partial charge in [-0.3, -0.25) is 4.79 Å². The van der Waals surface area contributed by atoms with E-state index in [9.17, 15) is 4.79 Å². The molecule has 6 atom stereocenters. The zero-order chi connectivity index (χ0) is 16.2. The molecule has 0 amide bonds. The van der Waals surface area contributed by atoms with Gasteiger partial charge in [0.05, 0.1) is 0 Å². The molecule has 4 rings (SSSR count). The summed E-state index contributed by atoms with van der Waals surface area (Å²) in [6, 6.07) is 0. The first kappa shape index (κ1) is 15.7. The molecule has 3 fully saturated rings. The molecule has 0 spiro atoms. The fourth-order valence-corrected chi connectivity index (χ4v) is 7.19. The quantitative estimate of drug-likeness (QED) is 0.597. The summed E-state index contributed by atoms with van der Waals surface area (Å²) in [5, 5.41) is 0. The summed E-state index contributed by atoms with van der Waals surface area (Å²) in [7, 11) is 0. The van der Waals surface area contributed by atoms with Gasteiger partial charge in [-0.25, -0.2) is 0 Å². The Kier molecular flexibility index (Phi) is 3.63. The Morgan fingerprint density at radius 2 is 2.09 bits per heavy atom. The van der Waals surface area contributed by atoms with E-state index < -0.39 is 0 Å². The SMILES string of the molecule is C=CCC1CC(=O)[C@@]2(C)CC[C@H]3[C@@H](CC=C4CCCC[C@@]43C)[C@H]12. The lowest BCUT2D eigenvalue weighted by Crippen LogP contribution is -2.50. The predicted octanol–water partition coefficient (Wildman–Crippen LogP) is 5.71. The Labute approximate surface area is 141 Å². The van der Waals surface area contributed by atoms with Gasteiger partial charge < -0.3 is 0 Å². The van der Waals surface area contributed by atoms with Gasteiger partial charge in [0.25, 0.3) is 0 Å². The van der Waals surface area contributed by atoms with Crippen LogP contribution >= 0.6 is 0 Å². The van der Waals surface area contributed by atoms with Gasteiger partial charge in [0.1, 0.15) is 5.78 Å². The molecule has 4 aliphatic carbocycles. The van der Waals surface area contributed by atoms with Crippen molar-refractivity contribution in [3.63, 3.8) is 0 Å². The second-order valence-electron chi connectivity index (χ2n) is 9.25. The van der Waals surface area contributed by atoms with Crippen LogP contribution in [0.25, 0.3) is 0 Å². The molecular formula is C22H32O. The molecule has 4 aliphatic rings. The average molecular weight is 312 g/mol. The van der Waals surface area contributed by atoms with Crippen LogP contribution in [0.3, 0.4) is 0 Å². The summed E-state index contributed by atoms with van der Waals surface area (Å²) in [5.74, 6) is 3.26. The number of allylic oxidation sites excluding steroid dienone is 3. The molecule has 1 unspecified atom stereocenters. The molecule has 126 valence electrons. The number of carbonyl (C=O) groups is 1. The van der Waals surface area contributed by atoms with Crippen LogP contribution in [0.2, 0.25) is 0 Å². The maximum absolute atomic E-state index is 12.8. The third-order valence-electron chi connectivity index (χ3n) is 8.33. The van der Waals surface area contributed by atoms with Crippen molar-refractivity contribution in [1.82, 2.24) is 0 Å². The summed E-state index contributed by atoms with van der Waals surface area (Å²) < 4.78 is 0. The van der Waals surface area contributed by atoms with Crippen LogP contribution < -0.4 is 0 Å². The first-order chi connectivity index (χ1) is 11.0. The number of rotatable bonds is 2. The zero-order valence-corrected chi connectivity index (χ0v) is 14.9. The van der Waals surface area contributed by atoms with Gasteiger partial charge in [-0.2, -0.15) is 0 Å². The summed E-state index contributed by atoms with van der Waals surface area (Å²) in [6.07, 6.45) is 15.6. The standard InChI is InChI=1S/C22H32O/c1-4-7-15-14-19(23)22(3)13-11-18-17(20(15)22)10-9-16-8-5-6-12-21(16,18)2/h4,9,15,17-18,20H,1,5-8,10-14H2,2-3H3/t15?,17-,18+,20+,21+,22-/m1/s1. The van der Waals surface area contributed by atoms with Gasteiger partial charge in [-0.1, -0.05) is 38.0 Å². The van der Waals surface area contributed by atoms with E-state index in [0.717, 1.165) is 31.1 Å². The first-order valence-corrected chi connectivity index (χ1v) is 9.84. The summed E-state index contributed by atoms with van der Waals surface area (Å²) in [4.78, 5) is 12.8. The van der Waals surface area contributed by atoms with E-state index in [1.165, 1.54) is 38.5 Å². The third-order valence-corrected chi connectivity index (χ3v) is 8.33. The number of carbonyl (C=O) groups excluding carboxylic acids is 1. The van der Waals surface area contributed by atoms with E-state index in [-0.39, 0.29) is 5.41 Å². The smallest absolute Gasteiger partial charge is 0.139 e. The van der Waals surface area contributed by atoms with Crippen LogP contribution in [-0.2, 0) is 4.79 Å². The molecule has 23 heavy (non-hydrogen) atoms. The van der Waals surface area contributed by atoms with Crippen molar-refractivity contribution >= 4 is 5.78 Å². The van der Waals surface area contributed by atoms with E-state index in [1.54, 1.807) is 5.57 Å². The van der Waals surface area contributed by atoms with Crippen LogP contribution in [-0.4, -0.2) is 5.78 Å². The minimum Gasteiger partial charge on any atom is -0.299 e. The molecule has 1 nitrogen and oxygen atoms in total. The van der Waals surface area contributed by atoms with E-state index in [2.05, 4.69) is 32.6 Å². The van der Waals surface area contributed by atoms with Gasteiger partial charge in [-0.15, -0.1) is 6.58 Å². The Balaban J connectivity index is 1.72. The summed E-state index contributed by atoms with van der Waals surface area (Å²) in [6.45, 7) is 8.82. The second-order valence-corrected chi connectivity index (χ2v) is 9.25. The lowest BCUT2D eigenvalue weighted by molar-refractivity contribution is -0.132. The predicted molar refractivity (Wildman–Crippen MR) is 95.0 cm³/mol. The van der Waals surface area contributed by atoms with Crippen molar-refractivity contribution in [3.8, 4) is 0 Å². The van der Waals surface area contributed by atoms with Crippen LogP contribution in [0.5, 0.6) is 0 Å². The van der Waals surface area contributed by atoms with Gasteiger partial charge in [0.2, 0.25) is 0 Å². The van der Waals surface area contributed by atoms with Crippen LogP contribution in [0, 0.1) is 34.5 Å². The van der Waals surface area contributed by atoms with Gasteiger partial charge >= 0.3 is 0 Å². The highest BCUT2D eigenvalue weighted by Crippen LogP contribution is 2.65. The number of ketones is 1. The molecule has 0 N–H and O–H groups in total. The third kappa shape index (κ3) is 2.07. The number of Topliss-reactive ketones (excluding diaryl/α,β-unsaturated/α-hetero) is 1. The van der Waals surface area contributed by atoms with E-state index in [4.69, 9.17) is 0 Å². The highest BCUT2D eigenvalue weighted by atomic mass is 16.1. The van der Waals surface area contributed by atoms with Crippen LogP contribution in [0.15, 0.2) is 24.3 Å². The molecule has 0 aliphatic heterocycles. The Morgan fingerprint density at radius 3 is 2.87 bits per heavy atom. The van der Waals surface area contributed by atoms with Gasteiger partial charge in [-0.05, 0) is 74.0 Å². The lowest BCUT2D eigenvalue weighted by Gasteiger charge is -2.57. The van der Waals surface area contributed by atoms with Crippen molar-refractivity contribution in [2.24, 2.45) is 34.5 Å². The molecule has 0 bridgehead atoms. The first-order valence-electron chi connectivity index (χ1n) is 9.84. The van der Waals surface area contributed by atoms with Crippen molar-refractivity contribution in [2.75, 3.05) is 0 Å². The van der Waals surface area contributed by atoms with Gasteiger partial charge in [0, 0.05) is 11.8 Å². The topological polar surface area (TPSA) is 17.1 Å². The monoisotopic (exact) mass is 312 g/mol. The molecule has 0 saturated heterocycles. The van der Waals surface area contributed by atoms with Crippen molar-refractivity contribution in [1.29, 1.82) is 0 Å². The number of hydrogen-bond acceptors (Lipinski definition) is 1. The summed E-state index contributed by atoms with van der Waals surface area (Å²) >= 11 is 0. The molecule has 0 aromatic heterocycles. The molecule has 0 radical (unpaired) electrons. The molecule has 3 saturated carbocycles. The summed E-state index contributed by atoms with van der Waals surface area (Å²) in [5.41, 5.74) is 2.16. The molecular weight excluding hydrogens is 280 g/mol. The number of hydrogen-bond donors (Lipinski definition) is 0. The molecule has 0 heterocycles. The maximum Gasteiger partial charge on any atom is 0.139 e. The van der Waals surface area contributed by atoms with E-state index in [1.807, 2.05) is 0 Å². The lowest BCUT2D eigenvalue weighted by atomic mass is 9.47. The normalized spacial score (nSPS) is 49.0. The van der Waals surface area contributed by atoms with Crippen LogP contribution in [0.4, 0.5) is 0 Å². The highest BCUT2D eigenvalue weighted by molar-refractivity contribution is 5.87. The van der Waals surface area contributed by atoms with E-state index in [0.29, 0.717) is 23.0 Å². The van der Waals surface area contributed by atoms with Crippen LogP contribution in [0.1, 0.15) is 71.6 Å². The molecule has 0 aromatic rings. The Hall–Kier alpha value is -0.850. The largest absolute Gasteiger partial charge is 0.299 e. The van der Waals surface area contributed by atoms with Gasteiger partial charge in [0.15, 0.2) is 0 Å². The molecule has 1 heteroatoms. The van der Waals surface area contributed by atoms with Crippen molar-refractivity contribution < 1.29 is 4.79 Å². The molecule has 0 aromatic carbocycles. The minimum atomic E-state index is -0.0365. The highest BCUT2D eigenvalue weighted by Gasteiger charge is 2.60. The van der Waals surface area contributed by atoms with Crippen molar-refractivity contribution in [2.45, 2.75) is 71.6 Å². The Morgan fingerprint density at radius 1 is 1.26 bits per heavy atom. The fourth-order valence-electron chi connectivity index (χ4n) is 7.19. The van der Waals surface area contributed by atoms with E-state index >= 15 is 0 Å². The minimum absolute atomic E-state index is 0.0365.